The average molecular weight is 443 g/mol. The summed E-state index contributed by atoms with van der Waals surface area (Å²) in [6.45, 7) is 3.84. The van der Waals surface area contributed by atoms with Crippen LogP contribution >= 0.6 is 11.3 Å². The first-order valence-electron chi connectivity index (χ1n) is 9.79. The number of carbonyl (C=O) groups excluding carboxylic acids is 1. The molecule has 0 aliphatic heterocycles. The van der Waals surface area contributed by atoms with Crippen LogP contribution in [0.15, 0.2) is 69.7 Å². The first-order valence-corrected chi connectivity index (χ1v) is 10.6. The fraction of sp³-hybridized carbons (Fsp3) is 0.0870. The van der Waals surface area contributed by atoms with Crippen LogP contribution in [0.25, 0.3) is 33.5 Å². The molecular formula is C23H17N5O3S. The van der Waals surface area contributed by atoms with E-state index in [0.29, 0.717) is 33.2 Å². The summed E-state index contributed by atoms with van der Waals surface area (Å²) in [6.07, 6.45) is 0. The molecule has 32 heavy (non-hydrogen) atoms. The zero-order valence-corrected chi connectivity index (χ0v) is 18.0. The van der Waals surface area contributed by atoms with Crippen molar-refractivity contribution in [1.29, 1.82) is 0 Å². The van der Waals surface area contributed by atoms with Crippen molar-refractivity contribution in [3.63, 3.8) is 0 Å². The molecule has 0 atom stereocenters. The van der Waals surface area contributed by atoms with Crippen LogP contribution in [0.4, 0.5) is 5.13 Å². The maximum absolute atomic E-state index is 12.6. The van der Waals surface area contributed by atoms with Crippen molar-refractivity contribution in [2.75, 3.05) is 5.32 Å². The number of carbonyl (C=O) groups is 1. The van der Waals surface area contributed by atoms with Crippen LogP contribution in [0, 0.1) is 13.8 Å². The van der Waals surface area contributed by atoms with E-state index in [1.165, 1.54) is 11.3 Å². The van der Waals surface area contributed by atoms with Crippen molar-refractivity contribution >= 4 is 22.4 Å². The molecule has 8 nitrogen and oxygen atoms in total. The van der Waals surface area contributed by atoms with Gasteiger partial charge in [-0.25, -0.2) is 4.98 Å². The van der Waals surface area contributed by atoms with Crippen LogP contribution in [0.5, 0.6) is 0 Å². The number of thiazole rings is 1. The maximum atomic E-state index is 12.6. The molecule has 0 unspecified atom stereocenters. The number of nitrogens with one attached hydrogen (secondary N) is 1. The van der Waals surface area contributed by atoms with E-state index in [2.05, 4.69) is 25.6 Å². The first kappa shape index (κ1) is 19.8. The third kappa shape index (κ3) is 3.93. The van der Waals surface area contributed by atoms with Gasteiger partial charge in [-0.05, 0) is 13.8 Å². The van der Waals surface area contributed by atoms with Gasteiger partial charge in [-0.3, -0.25) is 10.1 Å². The smallest absolute Gasteiger partial charge is 0.279 e. The number of rotatable bonds is 5. The Bertz CT molecular complexity index is 1390. The second-order valence-corrected chi connectivity index (χ2v) is 8.12. The number of benzene rings is 2. The Balaban J connectivity index is 1.34. The molecule has 0 bridgehead atoms. The fourth-order valence-corrected chi connectivity index (χ4v) is 3.95. The highest BCUT2D eigenvalue weighted by Crippen LogP contribution is 2.33. The van der Waals surface area contributed by atoms with Gasteiger partial charge >= 0.3 is 0 Å². The summed E-state index contributed by atoms with van der Waals surface area (Å²) in [5.41, 5.74) is 3.69. The van der Waals surface area contributed by atoms with E-state index in [1.807, 2.05) is 68.4 Å². The summed E-state index contributed by atoms with van der Waals surface area (Å²) in [7, 11) is 0. The van der Waals surface area contributed by atoms with E-state index in [1.54, 1.807) is 6.07 Å². The molecule has 1 N–H and O–H groups in total. The third-order valence-corrected chi connectivity index (χ3v) is 5.81. The quantitative estimate of drug-likeness (QED) is 0.388. The zero-order chi connectivity index (χ0) is 22.1. The van der Waals surface area contributed by atoms with Gasteiger partial charge in [-0.1, -0.05) is 81.8 Å². The topological polar surface area (TPSA) is 107 Å². The molecular weight excluding hydrogens is 426 g/mol. The fourth-order valence-electron chi connectivity index (χ4n) is 3.07. The van der Waals surface area contributed by atoms with Gasteiger partial charge in [0.1, 0.15) is 4.88 Å². The number of aromatic nitrogens is 4. The van der Waals surface area contributed by atoms with Gasteiger partial charge in [0.2, 0.25) is 5.82 Å². The van der Waals surface area contributed by atoms with E-state index in [9.17, 15) is 4.79 Å². The van der Waals surface area contributed by atoms with Crippen molar-refractivity contribution in [2.24, 2.45) is 0 Å². The molecule has 0 radical (unpaired) electrons. The minimum absolute atomic E-state index is 0.165. The number of nitrogens with zero attached hydrogens (tertiary/aromatic N) is 4. The Labute approximate surface area is 186 Å². The second-order valence-electron chi connectivity index (χ2n) is 7.12. The highest BCUT2D eigenvalue weighted by Gasteiger charge is 2.20. The Kier molecular flexibility index (Phi) is 5.08. The van der Waals surface area contributed by atoms with Crippen LogP contribution < -0.4 is 5.32 Å². The largest absolute Gasteiger partial charge is 0.355 e. The van der Waals surface area contributed by atoms with Crippen molar-refractivity contribution in [3.05, 3.63) is 77.6 Å². The van der Waals surface area contributed by atoms with Gasteiger partial charge < -0.3 is 9.05 Å². The summed E-state index contributed by atoms with van der Waals surface area (Å²) in [4.78, 5) is 22.2. The Hall–Kier alpha value is -4.11. The number of anilines is 1. The molecule has 0 aliphatic carbocycles. The van der Waals surface area contributed by atoms with Crippen LogP contribution in [0.2, 0.25) is 0 Å². The molecule has 0 aliphatic rings. The lowest BCUT2D eigenvalue weighted by Gasteiger charge is -1.95. The molecule has 0 saturated heterocycles. The third-order valence-electron chi connectivity index (χ3n) is 4.75. The maximum Gasteiger partial charge on any atom is 0.279 e. The predicted octanol–water partition coefficient (Wildman–Crippen LogP) is 5.38. The van der Waals surface area contributed by atoms with Gasteiger partial charge in [0, 0.05) is 17.2 Å². The van der Waals surface area contributed by atoms with Crippen molar-refractivity contribution in [2.45, 2.75) is 13.8 Å². The molecule has 1 amide bonds. The molecule has 2 aromatic carbocycles. The molecule has 9 heteroatoms. The number of hydrogen-bond donors (Lipinski definition) is 1. The van der Waals surface area contributed by atoms with E-state index >= 15 is 0 Å². The number of aryl methyl sites for hydroxylation is 2. The van der Waals surface area contributed by atoms with E-state index in [-0.39, 0.29) is 5.69 Å². The summed E-state index contributed by atoms with van der Waals surface area (Å²) < 4.78 is 10.7. The van der Waals surface area contributed by atoms with Crippen molar-refractivity contribution < 1.29 is 13.8 Å². The van der Waals surface area contributed by atoms with Crippen LogP contribution in [-0.2, 0) is 0 Å². The normalized spacial score (nSPS) is 10.9. The van der Waals surface area contributed by atoms with Crippen LogP contribution in [-0.4, -0.2) is 26.2 Å². The zero-order valence-electron chi connectivity index (χ0n) is 17.2. The Morgan fingerprint density at radius 2 is 1.69 bits per heavy atom. The van der Waals surface area contributed by atoms with Crippen molar-refractivity contribution in [3.8, 4) is 33.5 Å². The van der Waals surface area contributed by atoms with E-state index < -0.39 is 5.91 Å². The first-order chi connectivity index (χ1) is 15.6. The van der Waals surface area contributed by atoms with E-state index in [4.69, 9.17) is 9.05 Å². The van der Waals surface area contributed by atoms with Crippen LogP contribution in [0.3, 0.4) is 0 Å². The molecule has 158 valence electrons. The monoisotopic (exact) mass is 443 g/mol. The SMILES string of the molecule is Cc1ccc(-c2noc(-c3sc(NC(=O)c4cc(-c5ccccc5)on4)nc3C)n2)cc1. The van der Waals surface area contributed by atoms with Crippen LogP contribution in [0.1, 0.15) is 21.7 Å². The lowest BCUT2D eigenvalue weighted by atomic mass is 10.1. The van der Waals surface area contributed by atoms with Gasteiger partial charge in [0.05, 0.1) is 5.69 Å². The number of amides is 1. The minimum atomic E-state index is -0.415. The Morgan fingerprint density at radius 3 is 2.47 bits per heavy atom. The molecule has 3 heterocycles. The summed E-state index contributed by atoms with van der Waals surface area (Å²) in [5.74, 6) is 0.946. The lowest BCUT2D eigenvalue weighted by Crippen LogP contribution is -2.11. The molecule has 5 aromatic rings. The standard InChI is InChI=1S/C23H17N5O3S/c1-13-8-10-16(11-9-13)20-25-22(31-28-20)19-14(2)24-23(32-19)26-21(29)17-12-18(30-27-17)15-6-4-3-5-7-15/h3-12H,1-2H3,(H,24,26,29). The Morgan fingerprint density at radius 1 is 0.906 bits per heavy atom. The molecule has 0 spiro atoms. The van der Waals surface area contributed by atoms with Gasteiger partial charge in [-0.15, -0.1) is 0 Å². The molecule has 3 aromatic heterocycles. The second kappa shape index (κ2) is 8.20. The number of hydrogen-bond acceptors (Lipinski definition) is 8. The average Bonchev–Trinajstić information content (AvgIpc) is 3.55. The summed E-state index contributed by atoms with van der Waals surface area (Å²) >= 11 is 1.25. The predicted molar refractivity (Wildman–Crippen MR) is 120 cm³/mol. The molecule has 0 saturated carbocycles. The summed E-state index contributed by atoms with van der Waals surface area (Å²) in [6, 6.07) is 18.9. The highest BCUT2D eigenvalue weighted by atomic mass is 32.1. The molecule has 5 rings (SSSR count). The molecule has 0 fully saturated rings. The van der Waals surface area contributed by atoms with E-state index in [0.717, 1.165) is 16.7 Å². The summed E-state index contributed by atoms with van der Waals surface area (Å²) in [5, 5.41) is 11.1. The van der Waals surface area contributed by atoms with Crippen molar-refractivity contribution in [1.82, 2.24) is 20.3 Å². The minimum Gasteiger partial charge on any atom is -0.355 e. The van der Waals surface area contributed by atoms with Gasteiger partial charge in [0.25, 0.3) is 11.8 Å². The highest BCUT2D eigenvalue weighted by molar-refractivity contribution is 7.19. The lowest BCUT2D eigenvalue weighted by molar-refractivity contribution is 0.101. The van der Waals surface area contributed by atoms with Gasteiger partial charge in [-0.2, -0.15) is 4.98 Å². The van der Waals surface area contributed by atoms with Gasteiger partial charge in [0.15, 0.2) is 16.6 Å².